The van der Waals surface area contributed by atoms with Crippen LogP contribution in [-0.2, 0) is 10.0 Å². The van der Waals surface area contributed by atoms with Gasteiger partial charge in [0.1, 0.15) is 5.65 Å². The first-order valence-corrected chi connectivity index (χ1v) is 8.89. The number of pyridine rings is 1. The molecular weight excluding hydrogens is 310 g/mol. The fraction of sp³-hybridized carbons (Fsp3) is 0.500. The second kappa shape index (κ2) is 5.26. The highest BCUT2D eigenvalue weighted by Gasteiger charge is 2.39. The molecule has 0 spiro atoms. The van der Waals surface area contributed by atoms with E-state index in [1.54, 1.807) is 27.0 Å². The molecule has 7 heteroatoms. The van der Waals surface area contributed by atoms with E-state index in [0.29, 0.717) is 12.2 Å². The Balaban J connectivity index is 2.15. The van der Waals surface area contributed by atoms with Gasteiger partial charge in [-0.05, 0) is 30.9 Å². The fourth-order valence-corrected chi connectivity index (χ4v) is 5.45. The first-order valence-electron chi connectivity index (χ1n) is 7.07. The SMILES string of the molecule is CC(C)C1CCCN1S(=O)(=O)c1c(Cl)nc2ccccn12. The Hall–Kier alpha value is -1.11. The average Bonchev–Trinajstić information content (AvgIpc) is 3.01. The number of aromatic nitrogens is 2. The molecule has 0 aliphatic carbocycles. The lowest BCUT2D eigenvalue weighted by molar-refractivity contribution is 0.314. The van der Waals surface area contributed by atoms with Crippen molar-refractivity contribution < 1.29 is 8.42 Å². The van der Waals surface area contributed by atoms with Gasteiger partial charge in [0, 0.05) is 18.8 Å². The predicted molar refractivity (Wildman–Crippen MR) is 82.0 cm³/mol. The molecule has 114 valence electrons. The highest BCUT2D eigenvalue weighted by atomic mass is 35.5. The van der Waals surface area contributed by atoms with Crippen LogP contribution in [-0.4, -0.2) is 34.7 Å². The van der Waals surface area contributed by atoms with Crippen LogP contribution >= 0.6 is 11.6 Å². The minimum Gasteiger partial charge on any atom is -0.288 e. The molecule has 1 saturated heterocycles. The van der Waals surface area contributed by atoms with Crippen molar-refractivity contribution in [2.24, 2.45) is 5.92 Å². The summed E-state index contributed by atoms with van der Waals surface area (Å²) in [4.78, 5) is 4.14. The van der Waals surface area contributed by atoms with Crippen LogP contribution in [0.2, 0.25) is 5.15 Å². The zero-order valence-corrected chi connectivity index (χ0v) is 13.6. The van der Waals surface area contributed by atoms with Gasteiger partial charge in [-0.25, -0.2) is 13.4 Å². The van der Waals surface area contributed by atoms with Crippen LogP contribution < -0.4 is 0 Å². The molecule has 0 N–H and O–H groups in total. The summed E-state index contributed by atoms with van der Waals surface area (Å²) in [6, 6.07) is 5.35. The van der Waals surface area contributed by atoms with Gasteiger partial charge in [0.25, 0.3) is 10.0 Å². The van der Waals surface area contributed by atoms with Crippen molar-refractivity contribution in [2.75, 3.05) is 6.54 Å². The molecule has 1 unspecified atom stereocenters. The van der Waals surface area contributed by atoms with E-state index in [9.17, 15) is 8.42 Å². The Morgan fingerprint density at radius 3 is 2.86 bits per heavy atom. The normalized spacial score (nSPS) is 20.7. The molecule has 3 heterocycles. The zero-order chi connectivity index (χ0) is 15.2. The molecule has 1 aliphatic rings. The van der Waals surface area contributed by atoms with Crippen LogP contribution in [0.1, 0.15) is 26.7 Å². The Labute approximate surface area is 129 Å². The van der Waals surface area contributed by atoms with E-state index < -0.39 is 10.0 Å². The lowest BCUT2D eigenvalue weighted by Gasteiger charge is -2.26. The maximum atomic E-state index is 13.0. The third-order valence-electron chi connectivity index (χ3n) is 4.02. The van der Waals surface area contributed by atoms with Gasteiger partial charge in [0.15, 0.2) is 10.2 Å². The average molecular weight is 328 g/mol. The quantitative estimate of drug-likeness (QED) is 0.871. The minimum atomic E-state index is -3.64. The highest BCUT2D eigenvalue weighted by Crippen LogP contribution is 2.33. The summed E-state index contributed by atoms with van der Waals surface area (Å²) >= 11 is 6.12. The van der Waals surface area contributed by atoms with Gasteiger partial charge in [-0.15, -0.1) is 0 Å². The van der Waals surface area contributed by atoms with Gasteiger partial charge >= 0.3 is 0 Å². The Morgan fingerprint density at radius 1 is 1.38 bits per heavy atom. The molecule has 0 amide bonds. The number of rotatable bonds is 3. The van der Waals surface area contributed by atoms with Gasteiger partial charge in [0.2, 0.25) is 0 Å². The summed E-state index contributed by atoms with van der Waals surface area (Å²) < 4.78 is 29.2. The second-order valence-electron chi connectivity index (χ2n) is 5.71. The van der Waals surface area contributed by atoms with Crippen molar-refractivity contribution in [2.45, 2.75) is 37.8 Å². The minimum absolute atomic E-state index is 0.0281. The van der Waals surface area contributed by atoms with E-state index in [1.165, 1.54) is 0 Å². The van der Waals surface area contributed by atoms with Gasteiger partial charge in [-0.1, -0.05) is 31.5 Å². The van der Waals surface area contributed by atoms with Gasteiger partial charge in [-0.3, -0.25) is 4.40 Å². The predicted octanol–water partition coefficient (Wildman–Crippen LogP) is 2.80. The van der Waals surface area contributed by atoms with Crippen molar-refractivity contribution in [3.63, 3.8) is 0 Å². The molecule has 0 radical (unpaired) electrons. The summed E-state index contributed by atoms with van der Waals surface area (Å²) in [5, 5.41) is 0.114. The molecule has 0 saturated carbocycles. The molecule has 0 bridgehead atoms. The number of hydrogen-bond donors (Lipinski definition) is 0. The molecule has 1 aliphatic heterocycles. The van der Waals surface area contributed by atoms with Crippen molar-refractivity contribution in [1.82, 2.24) is 13.7 Å². The molecule has 5 nitrogen and oxygen atoms in total. The summed E-state index contributed by atoms with van der Waals surface area (Å²) in [6.07, 6.45) is 3.46. The second-order valence-corrected chi connectivity index (χ2v) is 7.87. The lowest BCUT2D eigenvalue weighted by Crippen LogP contribution is -2.39. The van der Waals surface area contributed by atoms with Crippen LogP contribution in [0.15, 0.2) is 29.4 Å². The van der Waals surface area contributed by atoms with Gasteiger partial charge < -0.3 is 0 Å². The molecule has 2 aromatic rings. The third-order valence-corrected chi connectivity index (χ3v) is 6.34. The van der Waals surface area contributed by atoms with Crippen molar-refractivity contribution >= 4 is 27.3 Å². The number of imidazole rings is 1. The van der Waals surface area contributed by atoms with Crippen LogP contribution in [0.25, 0.3) is 5.65 Å². The van der Waals surface area contributed by atoms with Crippen LogP contribution in [0.4, 0.5) is 0 Å². The highest BCUT2D eigenvalue weighted by molar-refractivity contribution is 7.89. The Morgan fingerprint density at radius 2 is 2.14 bits per heavy atom. The van der Waals surface area contributed by atoms with E-state index in [-0.39, 0.29) is 22.1 Å². The number of fused-ring (bicyclic) bond motifs is 1. The Bertz CT molecular complexity index is 770. The molecule has 3 rings (SSSR count). The Kier molecular flexibility index (Phi) is 3.71. The maximum absolute atomic E-state index is 13.0. The molecule has 21 heavy (non-hydrogen) atoms. The van der Waals surface area contributed by atoms with E-state index >= 15 is 0 Å². The van der Waals surface area contributed by atoms with Gasteiger partial charge in [0.05, 0.1) is 0 Å². The van der Waals surface area contributed by atoms with Crippen molar-refractivity contribution in [3.8, 4) is 0 Å². The summed E-state index contributed by atoms with van der Waals surface area (Å²) in [7, 11) is -3.64. The first-order chi connectivity index (χ1) is 9.93. The summed E-state index contributed by atoms with van der Waals surface area (Å²) in [6.45, 7) is 4.64. The van der Waals surface area contributed by atoms with Crippen molar-refractivity contribution in [1.29, 1.82) is 0 Å². The van der Waals surface area contributed by atoms with E-state index in [0.717, 1.165) is 12.8 Å². The molecule has 2 aromatic heterocycles. The van der Waals surface area contributed by atoms with E-state index in [2.05, 4.69) is 18.8 Å². The summed E-state index contributed by atoms with van der Waals surface area (Å²) in [5.74, 6) is 0.278. The largest absolute Gasteiger partial charge is 0.288 e. The summed E-state index contributed by atoms with van der Waals surface area (Å²) in [5.41, 5.74) is 0.543. The topological polar surface area (TPSA) is 54.7 Å². The number of halogens is 1. The van der Waals surface area contributed by atoms with E-state index in [1.807, 2.05) is 6.07 Å². The molecule has 1 atom stereocenters. The number of hydrogen-bond acceptors (Lipinski definition) is 3. The van der Waals surface area contributed by atoms with Crippen molar-refractivity contribution in [3.05, 3.63) is 29.5 Å². The van der Waals surface area contributed by atoms with Crippen LogP contribution in [0, 0.1) is 5.92 Å². The fourth-order valence-electron chi connectivity index (χ4n) is 3.02. The molecular formula is C14H18ClN3O2S. The van der Waals surface area contributed by atoms with E-state index in [4.69, 9.17) is 11.6 Å². The third kappa shape index (κ3) is 2.35. The van der Waals surface area contributed by atoms with Crippen LogP contribution in [0.5, 0.6) is 0 Å². The monoisotopic (exact) mass is 327 g/mol. The molecule has 0 aromatic carbocycles. The van der Waals surface area contributed by atoms with Crippen LogP contribution in [0.3, 0.4) is 0 Å². The first kappa shape index (κ1) is 14.8. The maximum Gasteiger partial charge on any atom is 0.262 e. The number of nitrogens with zero attached hydrogens (tertiary/aromatic N) is 3. The number of sulfonamides is 1. The smallest absolute Gasteiger partial charge is 0.262 e. The standard InChI is InChI=1S/C14H18ClN3O2S/c1-10(2)11-6-5-9-18(11)21(19,20)14-13(15)16-12-7-3-4-8-17(12)14/h3-4,7-8,10-11H,5-6,9H2,1-2H3. The lowest BCUT2D eigenvalue weighted by atomic mass is 10.0. The molecule has 1 fully saturated rings. The zero-order valence-electron chi connectivity index (χ0n) is 12.0. The van der Waals surface area contributed by atoms with Gasteiger partial charge in [-0.2, -0.15) is 4.31 Å².